The number of nitrogens with two attached hydrogens (primary N) is 1. The average Bonchev–Trinajstić information content (AvgIpc) is 3.00. The average molecular weight is 331 g/mol. The van der Waals surface area contributed by atoms with E-state index in [0.29, 0.717) is 5.82 Å². The Balaban J connectivity index is 1.88. The molecule has 1 amide bonds. The van der Waals surface area contributed by atoms with Crippen LogP contribution < -0.4 is 11.1 Å². The molecule has 2 aromatic heterocycles. The van der Waals surface area contributed by atoms with Crippen LogP contribution in [0.3, 0.4) is 0 Å². The molecular formula is C19H17N5O. The zero-order valence-corrected chi connectivity index (χ0v) is 13.7. The summed E-state index contributed by atoms with van der Waals surface area (Å²) in [6, 6.07) is 18.4. The number of carbonyl (C=O) groups is 1. The van der Waals surface area contributed by atoms with Crippen LogP contribution in [0.5, 0.6) is 0 Å². The van der Waals surface area contributed by atoms with E-state index in [2.05, 4.69) is 15.4 Å². The highest BCUT2D eigenvalue weighted by atomic mass is 16.1. The van der Waals surface area contributed by atoms with Gasteiger partial charge in [-0.05, 0) is 24.6 Å². The standard InChI is InChI=1S/C19H17N5O/c1-12-11-16-21-19(14-9-5-6-10-15(14)24(16)23-12)22-17(18(20)25)13-7-3-2-4-8-13/h2-11,17H,1H3,(H2,20,25)(H,21,22)/t17-/m0/s1. The summed E-state index contributed by atoms with van der Waals surface area (Å²) in [4.78, 5) is 16.7. The molecular weight excluding hydrogens is 314 g/mol. The van der Waals surface area contributed by atoms with Gasteiger partial charge in [-0.15, -0.1) is 0 Å². The number of fused-ring (bicyclic) bond motifs is 3. The van der Waals surface area contributed by atoms with Crippen molar-refractivity contribution < 1.29 is 4.79 Å². The Morgan fingerprint density at radius 1 is 1.12 bits per heavy atom. The van der Waals surface area contributed by atoms with Gasteiger partial charge in [-0.3, -0.25) is 4.79 Å². The van der Waals surface area contributed by atoms with Gasteiger partial charge in [0.25, 0.3) is 0 Å². The number of rotatable bonds is 4. The minimum atomic E-state index is -0.663. The van der Waals surface area contributed by atoms with Gasteiger partial charge in [-0.25, -0.2) is 9.50 Å². The number of nitrogens with one attached hydrogen (secondary N) is 1. The van der Waals surface area contributed by atoms with E-state index in [1.165, 1.54) is 0 Å². The van der Waals surface area contributed by atoms with Crippen LogP contribution in [0.15, 0.2) is 60.7 Å². The molecule has 0 aliphatic carbocycles. The second-order valence-corrected chi connectivity index (χ2v) is 5.92. The number of primary amides is 1. The van der Waals surface area contributed by atoms with Crippen molar-refractivity contribution in [2.24, 2.45) is 5.73 Å². The lowest BCUT2D eigenvalue weighted by molar-refractivity contribution is -0.118. The van der Waals surface area contributed by atoms with Crippen molar-refractivity contribution in [2.45, 2.75) is 13.0 Å². The second-order valence-electron chi connectivity index (χ2n) is 5.92. The Bertz CT molecular complexity index is 1070. The van der Waals surface area contributed by atoms with Gasteiger partial charge in [0.15, 0.2) is 5.65 Å². The number of aryl methyl sites for hydroxylation is 1. The van der Waals surface area contributed by atoms with E-state index in [0.717, 1.165) is 27.8 Å². The van der Waals surface area contributed by atoms with E-state index in [4.69, 9.17) is 5.73 Å². The summed E-state index contributed by atoms with van der Waals surface area (Å²) in [7, 11) is 0. The normalized spacial score (nSPS) is 12.4. The number of anilines is 1. The zero-order chi connectivity index (χ0) is 17.4. The molecule has 4 aromatic rings. The SMILES string of the molecule is Cc1cc2nc(N[C@H](C(N)=O)c3ccccc3)c3ccccc3n2n1. The van der Waals surface area contributed by atoms with Gasteiger partial charge < -0.3 is 11.1 Å². The summed E-state index contributed by atoms with van der Waals surface area (Å²) in [6.45, 7) is 1.92. The van der Waals surface area contributed by atoms with Crippen molar-refractivity contribution in [3.8, 4) is 0 Å². The maximum absolute atomic E-state index is 12.0. The van der Waals surface area contributed by atoms with Crippen LogP contribution in [0.25, 0.3) is 16.6 Å². The maximum atomic E-state index is 12.0. The first kappa shape index (κ1) is 15.1. The van der Waals surface area contributed by atoms with Gasteiger partial charge in [0.1, 0.15) is 11.9 Å². The number of amides is 1. The van der Waals surface area contributed by atoms with Gasteiger partial charge in [0.05, 0.1) is 11.2 Å². The first-order chi connectivity index (χ1) is 12.1. The van der Waals surface area contributed by atoms with Gasteiger partial charge in [0.2, 0.25) is 5.91 Å². The second kappa shape index (κ2) is 5.90. The van der Waals surface area contributed by atoms with Crippen LogP contribution >= 0.6 is 0 Å². The Labute approximate surface area is 144 Å². The molecule has 0 aliphatic heterocycles. The summed E-state index contributed by atoms with van der Waals surface area (Å²) in [5.74, 6) is 0.150. The van der Waals surface area contributed by atoms with E-state index in [-0.39, 0.29) is 0 Å². The summed E-state index contributed by atoms with van der Waals surface area (Å²) in [5.41, 5.74) is 8.94. The molecule has 6 nitrogen and oxygen atoms in total. The molecule has 4 rings (SSSR count). The van der Waals surface area contributed by atoms with Crippen molar-refractivity contribution >= 4 is 28.3 Å². The number of hydrogen-bond acceptors (Lipinski definition) is 4. The van der Waals surface area contributed by atoms with E-state index < -0.39 is 11.9 Å². The largest absolute Gasteiger partial charge is 0.368 e. The van der Waals surface area contributed by atoms with Crippen LogP contribution in [0.4, 0.5) is 5.82 Å². The molecule has 0 saturated heterocycles. The van der Waals surface area contributed by atoms with Gasteiger partial charge in [-0.2, -0.15) is 5.10 Å². The molecule has 2 heterocycles. The third-order valence-corrected chi connectivity index (χ3v) is 4.12. The first-order valence-electron chi connectivity index (χ1n) is 7.99. The highest BCUT2D eigenvalue weighted by Crippen LogP contribution is 2.27. The molecule has 6 heteroatoms. The highest BCUT2D eigenvalue weighted by molar-refractivity contribution is 5.94. The Hall–Kier alpha value is -3.41. The van der Waals surface area contributed by atoms with Gasteiger partial charge >= 0.3 is 0 Å². The number of para-hydroxylation sites is 1. The molecule has 25 heavy (non-hydrogen) atoms. The molecule has 0 fully saturated rings. The predicted molar refractivity (Wildman–Crippen MR) is 97.2 cm³/mol. The molecule has 0 saturated carbocycles. The summed E-state index contributed by atoms with van der Waals surface area (Å²) in [6.07, 6.45) is 0. The monoisotopic (exact) mass is 331 g/mol. The Kier molecular flexibility index (Phi) is 3.57. The third-order valence-electron chi connectivity index (χ3n) is 4.12. The smallest absolute Gasteiger partial charge is 0.244 e. The van der Waals surface area contributed by atoms with Gasteiger partial charge in [-0.1, -0.05) is 42.5 Å². The summed E-state index contributed by atoms with van der Waals surface area (Å²) >= 11 is 0. The van der Waals surface area contributed by atoms with Crippen LogP contribution in [0, 0.1) is 6.92 Å². The van der Waals surface area contributed by atoms with Crippen molar-refractivity contribution in [3.63, 3.8) is 0 Å². The highest BCUT2D eigenvalue weighted by Gasteiger charge is 2.20. The van der Waals surface area contributed by atoms with Gasteiger partial charge in [0, 0.05) is 11.5 Å². The zero-order valence-electron chi connectivity index (χ0n) is 13.7. The lowest BCUT2D eigenvalue weighted by atomic mass is 10.1. The summed E-state index contributed by atoms with van der Waals surface area (Å²) < 4.78 is 1.80. The predicted octanol–water partition coefficient (Wildman–Crippen LogP) is 2.83. The fourth-order valence-corrected chi connectivity index (χ4v) is 2.99. The number of hydrogen-bond donors (Lipinski definition) is 2. The lowest BCUT2D eigenvalue weighted by Crippen LogP contribution is -2.28. The maximum Gasteiger partial charge on any atom is 0.244 e. The lowest BCUT2D eigenvalue weighted by Gasteiger charge is -2.18. The fraction of sp³-hybridized carbons (Fsp3) is 0.105. The molecule has 0 radical (unpaired) electrons. The molecule has 1 atom stereocenters. The number of benzene rings is 2. The molecule has 2 aromatic carbocycles. The molecule has 124 valence electrons. The fourth-order valence-electron chi connectivity index (χ4n) is 2.99. The van der Waals surface area contributed by atoms with E-state index in [9.17, 15) is 4.79 Å². The minimum absolute atomic E-state index is 0.457. The van der Waals surface area contributed by atoms with Crippen molar-refractivity contribution in [3.05, 3.63) is 71.9 Å². The van der Waals surface area contributed by atoms with E-state index in [1.54, 1.807) is 4.52 Å². The van der Waals surface area contributed by atoms with E-state index in [1.807, 2.05) is 67.6 Å². The van der Waals surface area contributed by atoms with Crippen LogP contribution in [0.2, 0.25) is 0 Å². The molecule has 3 N–H and O–H groups in total. The van der Waals surface area contributed by atoms with Crippen LogP contribution in [-0.2, 0) is 4.79 Å². The third kappa shape index (κ3) is 2.67. The number of aromatic nitrogens is 3. The number of nitrogens with zero attached hydrogens (tertiary/aromatic N) is 3. The summed E-state index contributed by atoms with van der Waals surface area (Å²) in [5, 5.41) is 8.58. The molecule has 0 unspecified atom stereocenters. The Morgan fingerprint density at radius 3 is 2.60 bits per heavy atom. The van der Waals surface area contributed by atoms with Crippen molar-refractivity contribution in [1.29, 1.82) is 0 Å². The number of carbonyl (C=O) groups excluding carboxylic acids is 1. The van der Waals surface area contributed by atoms with E-state index >= 15 is 0 Å². The molecule has 0 bridgehead atoms. The van der Waals surface area contributed by atoms with Crippen LogP contribution in [-0.4, -0.2) is 20.5 Å². The Morgan fingerprint density at radius 2 is 1.84 bits per heavy atom. The van der Waals surface area contributed by atoms with Crippen molar-refractivity contribution in [1.82, 2.24) is 14.6 Å². The topological polar surface area (TPSA) is 85.3 Å². The van der Waals surface area contributed by atoms with Crippen molar-refractivity contribution in [2.75, 3.05) is 5.32 Å². The first-order valence-corrected chi connectivity index (χ1v) is 7.99. The van der Waals surface area contributed by atoms with Crippen LogP contribution in [0.1, 0.15) is 17.3 Å². The quantitative estimate of drug-likeness (QED) is 0.602. The molecule has 0 aliphatic rings. The minimum Gasteiger partial charge on any atom is -0.368 e. The molecule has 0 spiro atoms.